The van der Waals surface area contributed by atoms with E-state index in [2.05, 4.69) is 14.7 Å². The van der Waals surface area contributed by atoms with Gasteiger partial charge in [-0.25, -0.2) is 18.4 Å². The lowest BCUT2D eigenvalue weighted by Crippen LogP contribution is -2.42. The topological polar surface area (TPSA) is 118 Å². The lowest BCUT2D eigenvalue weighted by molar-refractivity contribution is -0.122. The van der Waals surface area contributed by atoms with Crippen molar-refractivity contribution in [1.29, 1.82) is 0 Å². The van der Waals surface area contributed by atoms with Gasteiger partial charge in [-0.3, -0.25) is 9.52 Å². The SMILES string of the molecule is NC(=O)[C@@H]1CCCN(c2nc3ccccc3nc2NS(=O)(=O)c2ccccc2)C1. The molecule has 1 saturated heterocycles. The number of hydrogen-bond acceptors (Lipinski definition) is 6. The summed E-state index contributed by atoms with van der Waals surface area (Å²) in [7, 11) is -3.84. The van der Waals surface area contributed by atoms with E-state index in [1.807, 2.05) is 23.1 Å². The lowest BCUT2D eigenvalue weighted by Gasteiger charge is -2.33. The summed E-state index contributed by atoms with van der Waals surface area (Å²) in [6, 6.07) is 15.3. The van der Waals surface area contributed by atoms with Crippen LogP contribution in [0, 0.1) is 5.92 Å². The molecule has 2 aromatic carbocycles. The van der Waals surface area contributed by atoms with Crippen LogP contribution in [0.4, 0.5) is 11.6 Å². The van der Waals surface area contributed by atoms with E-state index in [0.29, 0.717) is 36.4 Å². The number of carbonyl (C=O) groups excluding carboxylic acids is 1. The molecule has 2 heterocycles. The Balaban J connectivity index is 1.78. The summed E-state index contributed by atoms with van der Waals surface area (Å²) in [4.78, 5) is 22.9. The number of primary amides is 1. The Morgan fingerprint density at radius 1 is 1.03 bits per heavy atom. The zero-order chi connectivity index (χ0) is 20.4. The highest BCUT2D eigenvalue weighted by molar-refractivity contribution is 7.92. The summed E-state index contributed by atoms with van der Waals surface area (Å²) >= 11 is 0. The molecular weight excluding hydrogens is 390 g/mol. The van der Waals surface area contributed by atoms with Gasteiger partial charge in [-0.1, -0.05) is 30.3 Å². The van der Waals surface area contributed by atoms with Crippen molar-refractivity contribution in [3.63, 3.8) is 0 Å². The van der Waals surface area contributed by atoms with Gasteiger partial charge in [0.2, 0.25) is 5.91 Å². The smallest absolute Gasteiger partial charge is 0.263 e. The lowest BCUT2D eigenvalue weighted by atomic mass is 9.97. The predicted molar refractivity (Wildman–Crippen MR) is 111 cm³/mol. The minimum atomic E-state index is -3.84. The third kappa shape index (κ3) is 4.00. The second-order valence-electron chi connectivity index (χ2n) is 6.99. The number of piperidine rings is 1. The molecule has 1 aromatic heterocycles. The molecule has 9 heteroatoms. The number of nitrogens with zero attached hydrogens (tertiary/aromatic N) is 3. The van der Waals surface area contributed by atoms with Gasteiger partial charge < -0.3 is 10.6 Å². The quantitative estimate of drug-likeness (QED) is 0.664. The molecule has 0 spiro atoms. The van der Waals surface area contributed by atoms with Gasteiger partial charge in [0.25, 0.3) is 10.0 Å². The number of fused-ring (bicyclic) bond motifs is 1. The van der Waals surface area contributed by atoms with Crippen LogP contribution in [-0.4, -0.2) is 37.4 Å². The first-order chi connectivity index (χ1) is 13.9. The molecule has 8 nitrogen and oxygen atoms in total. The van der Waals surface area contributed by atoms with Crippen molar-refractivity contribution >= 4 is 38.6 Å². The molecule has 3 N–H and O–H groups in total. The Kier molecular flexibility index (Phi) is 5.06. The molecule has 1 atom stereocenters. The number of nitrogens with one attached hydrogen (secondary N) is 1. The third-order valence-corrected chi connectivity index (χ3v) is 6.31. The molecule has 150 valence electrons. The van der Waals surface area contributed by atoms with Gasteiger partial charge in [0.05, 0.1) is 21.8 Å². The fourth-order valence-corrected chi connectivity index (χ4v) is 4.49. The number of nitrogens with two attached hydrogens (primary N) is 1. The second kappa shape index (κ2) is 7.67. The molecule has 0 saturated carbocycles. The molecule has 0 aliphatic carbocycles. The molecule has 4 rings (SSSR count). The van der Waals surface area contributed by atoms with Gasteiger partial charge in [-0.2, -0.15) is 0 Å². The highest BCUT2D eigenvalue weighted by atomic mass is 32.2. The summed E-state index contributed by atoms with van der Waals surface area (Å²) in [5.41, 5.74) is 6.72. The van der Waals surface area contributed by atoms with Crippen molar-refractivity contribution in [1.82, 2.24) is 9.97 Å². The summed E-state index contributed by atoms with van der Waals surface area (Å²) in [6.45, 7) is 1.01. The highest BCUT2D eigenvalue weighted by Crippen LogP contribution is 2.30. The first-order valence-electron chi connectivity index (χ1n) is 9.33. The van der Waals surface area contributed by atoms with Crippen molar-refractivity contribution < 1.29 is 13.2 Å². The average Bonchev–Trinajstić information content (AvgIpc) is 2.73. The Morgan fingerprint density at radius 2 is 1.69 bits per heavy atom. The molecule has 3 aromatic rings. The zero-order valence-corrected chi connectivity index (χ0v) is 16.5. The van der Waals surface area contributed by atoms with Crippen LogP contribution in [-0.2, 0) is 14.8 Å². The normalized spacial score (nSPS) is 17.2. The van der Waals surface area contributed by atoms with Gasteiger partial charge in [-0.15, -0.1) is 0 Å². The van der Waals surface area contributed by atoms with E-state index in [1.165, 1.54) is 12.1 Å². The Morgan fingerprint density at radius 3 is 2.38 bits per heavy atom. The minimum Gasteiger partial charge on any atom is -0.369 e. The van der Waals surface area contributed by atoms with Crippen molar-refractivity contribution in [2.24, 2.45) is 11.7 Å². The zero-order valence-electron chi connectivity index (χ0n) is 15.7. The Labute approximate surface area is 168 Å². The van der Waals surface area contributed by atoms with E-state index >= 15 is 0 Å². The van der Waals surface area contributed by atoms with Gasteiger partial charge in [-0.05, 0) is 37.1 Å². The number of para-hydroxylation sites is 2. The predicted octanol–water partition coefficient (Wildman–Crippen LogP) is 2.13. The van der Waals surface area contributed by atoms with Gasteiger partial charge in [0.15, 0.2) is 11.6 Å². The van der Waals surface area contributed by atoms with E-state index in [0.717, 1.165) is 6.42 Å². The maximum atomic E-state index is 12.9. The molecule has 0 radical (unpaired) electrons. The number of carbonyl (C=O) groups is 1. The molecule has 0 unspecified atom stereocenters. The number of sulfonamides is 1. The van der Waals surface area contributed by atoms with Crippen molar-refractivity contribution in [3.05, 3.63) is 54.6 Å². The maximum Gasteiger partial charge on any atom is 0.263 e. The first-order valence-corrected chi connectivity index (χ1v) is 10.8. The van der Waals surface area contributed by atoms with E-state index in [-0.39, 0.29) is 22.5 Å². The Bertz CT molecular complexity index is 1150. The molecule has 0 bridgehead atoms. The summed E-state index contributed by atoms with van der Waals surface area (Å²) in [6.07, 6.45) is 1.46. The van der Waals surface area contributed by atoms with Crippen molar-refractivity contribution in [2.45, 2.75) is 17.7 Å². The molecular formula is C20H21N5O3S. The van der Waals surface area contributed by atoms with Crippen LogP contribution in [0.2, 0.25) is 0 Å². The number of hydrogen-bond donors (Lipinski definition) is 2. The second-order valence-corrected chi connectivity index (χ2v) is 8.67. The van der Waals surface area contributed by atoms with Crippen molar-refractivity contribution in [3.8, 4) is 0 Å². The van der Waals surface area contributed by atoms with Crippen LogP contribution in [0.1, 0.15) is 12.8 Å². The number of anilines is 2. The van der Waals surface area contributed by atoms with Crippen LogP contribution in [0.15, 0.2) is 59.5 Å². The number of amides is 1. The van der Waals surface area contributed by atoms with Crippen LogP contribution in [0.5, 0.6) is 0 Å². The average molecular weight is 411 g/mol. The molecule has 1 aliphatic rings. The summed E-state index contributed by atoms with van der Waals surface area (Å²) in [5, 5.41) is 0. The van der Waals surface area contributed by atoms with Crippen LogP contribution in [0.3, 0.4) is 0 Å². The number of rotatable bonds is 5. The van der Waals surface area contributed by atoms with Gasteiger partial charge >= 0.3 is 0 Å². The molecule has 29 heavy (non-hydrogen) atoms. The number of benzene rings is 2. The largest absolute Gasteiger partial charge is 0.369 e. The standard InChI is InChI=1S/C20H21N5O3S/c21-18(26)14-7-6-12-25(13-14)20-19(22-16-10-4-5-11-17(16)23-20)24-29(27,28)15-8-2-1-3-9-15/h1-5,8-11,14H,6-7,12-13H2,(H2,21,26)(H,22,24)/t14-/m1/s1. The summed E-state index contributed by atoms with van der Waals surface area (Å²) < 4.78 is 28.3. The van der Waals surface area contributed by atoms with E-state index < -0.39 is 10.0 Å². The Hall–Kier alpha value is -3.20. The number of aromatic nitrogens is 2. The van der Waals surface area contributed by atoms with Gasteiger partial charge in [0.1, 0.15) is 0 Å². The molecule has 1 amide bonds. The van der Waals surface area contributed by atoms with Gasteiger partial charge in [0, 0.05) is 13.1 Å². The minimum absolute atomic E-state index is 0.134. The van der Waals surface area contributed by atoms with Crippen LogP contribution >= 0.6 is 0 Å². The molecule has 1 fully saturated rings. The van der Waals surface area contributed by atoms with Crippen LogP contribution < -0.4 is 15.4 Å². The first kappa shape index (κ1) is 19.1. The van der Waals surface area contributed by atoms with E-state index in [4.69, 9.17) is 5.73 Å². The van der Waals surface area contributed by atoms with Crippen LogP contribution in [0.25, 0.3) is 11.0 Å². The fourth-order valence-electron chi connectivity index (χ4n) is 3.47. The fraction of sp³-hybridized carbons (Fsp3) is 0.250. The molecule has 1 aliphatic heterocycles. The monoisotopic (exact) mass is 411 g/mol. The third-order valence-electron chi connectivity index (χ3n) is 4.96. The maximum absolute atomic E-state index is 12.9. The summed E-state index contributed by atoms with van der Waals surface area (Å²) in [5.74, 6) is -0.141. The highest BCUT2D eigenvalue weighted by Gasteiger charge is 2.28. The van der Waals surface area contributed by atoms with E-state index in [9.17, 15) is 13.2 Å². The van der Waals surface area contributed by atoms with Crippen molar-refractivity contribution in [2.75, 3.05) is 22.7 Å². The van der Waals surface area contributed by atoms with E-state index in [1.54, 1.807) is 24.3 Å².